The van der Waals surface area contributed by atoms with E-state index in [1.165, 1.54) is 32.1 Å². The van der Waals surface area contributed by atoms with Gasteiger partial charge in [0, 0.05) is 83.8 Å². The minimum absolute atomic E-state index is 0.126. The molecule has 6 aromatic carbocycles. The topological polar surface area (TPSA) is 111 Å². The third-order valence-corrected chi connectivity index (χ3v) is 15.8. The number of sulfonamides is 1. The van der Waals surface area contributed by atoms with Crippen LogP contribution in [0.3, 0.4) is 0 Å². The van der Waals surface area contributed by atoms with Gasteiger partial charge in [-0.2, -0.15) is 4.31 Å². The second-order valence-electron chi connectivity index (χ2n) is 19.3. The number of hydrogen-bond acceptors (Lipinski definition) is 9. The predicted molar refractivity (Wildman–Crippen MR) is 306 cm³/mol. The van der Waals surface area contributed by atoms with E-state index in [-0.39, 0.29) is 44.4 Å². The number of para-hydroxylation sites is 2. The van der Waals surface area contributed by atoms with Crippen molar-refractivity contribution in [2.75, 3.05) is 94.6 Å². The van der Waals surface area contributed by atoms with Crippen LogP contribution in [0.1, 0.15) is 84.2 Å². The number of rotatable bonds is 27. The Bertz CT molecular complexity index is 2970. The van der Waals surface area contributed by atoms with E-state index in [4.69, 9.17) is 9.47 Å². The van der Waals surface area contributed by atoms with Gasteiger partial charge in [-0.3, -0.25) is 4.57 Å². The first-order chi connectivity index (χ1) is 35.8. The SMILES string of the molecule is CCCN(c1ccc([C+](c2ccc(N(CCC)c3c(C)cc(S(=O)(=O)N(CCOC)CCOC)cc3C)cc2)c2c(C)n(-c3ccccc3)c3ccccc23)cc1)c1c(C)cc(N(CCCO)CCCO)cc1C. The standard InChI is InChI=1S/C62H78N5O6S/c1-10-31-65(61-45(3)41-55(42-46(61)4)63(33-17-37-68)34-18-38-69)52-27-23-50(24-28-52)60(59-49(7)67(54-19-13-12-14-20-54)58-22-16-15-21-57(58)59)51-25-29-53(30-26-51)66(32-11-2)62-47(5)43-56(44-48(62)6)74(70,71)64(35-39-72-8)36-40-73-9/h12-16,19-30,41-44,68-69H,10-11,17-18,31-40H2,1-9H3/q+1. The number of benzene rings is 6. The fourth-order valence-corrected chi connectivity index (χ4v) is 12.2. The van der Waals surface area contributed by atoms with E-state index in [0.717, 1.165) is 107 Å². The van der Waals surface area contributed by atoms with Crippen LogP contribution in [0.4, 0.5) is 28.4 Å². The minimum atomic E-state index is -3.82. The molecule has 0 bridgehead atoms. The number of fused-ring (bicyclic) bond motifs is 1. The van der Waals surface area contributed by atoms with E-state index in [9.17, 15) is 18.6 Å². The number of anilines is 5. The molecule has 0 spiro atoms. The summed E-state index contributed by atoms with van der Waals surface area (Å²) in [6.07, 6.45) is 3.18. The van der Waals surface area contributed by atoms with Crippen molar-refractivity contribution in [3.05, 3.63) is 178 Å². The van der Waals surface area contributed by atoms with Crippen molar-refractivity contribution < 1.29 is 28.1 Å². The molecule has 11 nitrogen and oxygen atoms in total. The lowest BCUT2D eigenvalue weighted by molar-refractivity contribution is 0.150. The van der Waals surface area contributed by atoms with E-state index in [0.29, 0.717) is 12.8 Å². The molecule has 0 radical (unpaired) electrons. The first-order valence-corrected chi connectivity index (χ1v) is 27.7. The second kappa shape index (κ2) is 25.9. The van der Waals surface area contributed by atoms with Gasteiger partial charge in [0.25, 0.3) is 0 Å². The normalized spacial score (nSPS) is 11.7. The number of aromatic nitrogens is 1. The molecule has 0 aliphatic rings. The molecule has 0 saturated carbocycles. The molecule has 0 aliphatic heterocycles. The average molecular weight is 1020 g/mol. The van der Waals surface area contributed by atoms with Gasteiger partial charge in [0.2, 0.25) is 10.0 Å². The highest BCUT2D eigenvalue weighted by atomic mass is 32.2. The van der Waals surface area contributed by atoms with Crippen LogP contribution in [-0.2, 0) is 19.5 Å². The van der Waals surface area contributed by atoms with Crippen LogP contribution in [0.5, 0.6) is 0 Å². The van der Waals surface area contributed by atoms with E-state index in [1.54, 1.807) is 26.4 Å². The van der Waals surface area contributed by atoms with Gasteiger partial charge in [-0.1, -0.05) is 44.2 Å². The minimum Gasteiger partial charge on any atom is -0.396 e. The van der Waals surface area contributed by atoms with Crippen molar-refractivity contribution in [3.63, 3.8) is 0 Å². The van der Waals surface area contributed by atoms with Crippen LogP contribution in [0, 0.1) is 40.5 Å². The molecule has 1 aromatic heterocycles. The molecule has 0 atom stereocenters. The maximum absolute atomic E-state index is 14.1. The first-order valence-electron chi connectivity index (χ1n) is 26.3. The van der Waals surface area contributed by atoms with E-state index in [2.05, 4.69) is 169 Å². The van der Waals surface area contributed by atoms with Crippen molar-refractivity contribution in [2.45, 2.75) is 79.0 Å². The summed E-state index contributed by atoms with van der Waals surface area (Å²) >= 11 is 0. The predicted octanol–water partition coefficient (Wildman–Crippen LogP) is 12.1. The third-order valence-electron chi connectivity index (χ3n) is 14.0. The van der Waals surface area contributed by atoms with Gasteiger partial charge in [-0.15, -0.1) is 0 Å². The smallest absolute Gasteiger partial charge is 0.243 e. The fourth-order valence-electron chi connectivity index (χ4n) is 10.7. The van der Waals surface area contributed by atoms with Crippen molar-refractivity contribution in [1.82, 2.24) is 8.87 Å². The Hall–Kier alpha value is -6.12. The van der Waals surface area contributed by atoms with Crippen molar-refractivity contribution in [3.8, 4) is 5.69 Å². The lowest BCUT2D eigenvalue weighted by atomic mass is 9.83. The van der Waals surface area contributed by atoms with Crippen LogP contribution < -0.4 is 14.7 Å². The Morgan fingerprint density at radius 3 is 1.47 bits per heavy atom. The molecule has 74 heavy (non-hydrogen) atoms. The Balaban J connectivity index is 1.32. The molecular formula is C62H78N5O6S+. The number of aryl methyl sites for hydroxylation is 4. The average Bonchev–Trinajstić information content (AvgIpc) is 3.70. The Kier molecular flexibility index (Phi) is 19.5. The largest absolute Gasteiger partial charge is 0.396 e. The van der Waals surface area contributed by atoms with Crippen molar-refractivity contribution in [2.24, 2.45) is 0 Å². The lowest BCUT2D eigenvalue weighted by Crippen LogP contribution is -2.36. The monoisotopic (exact) mass is 1020 g/mol. The number of nitrogens with zero attached hydrogens (tertiary/aromatic N) is 5. The number of ether oxygens (including phenoxy) is 2. The van der Waals surface area contributed by atoms with Gasteiger partial charge in [-0.05, 0) is 180 Å². The van der Waals surface area contributed by atoms with Gasteiger partial charge in [0.05, 0.1) is 74.4 Å². The Labute approximate surface area is 441 Å². The summed E-state index contributed by atoms with van der Waals surface area (Å²) in [5.41, 5.74) is 16.3. The zero-order chi connectivity index (χ0) is 52.9. The third kappa shape index (κ3) is 12.2. The molecule has 0 saturated heterocycles. The second-order valence-corrected chi connectivity index (χ2v) is 21.2. The highest BCUT2D eigenvalue weighted by molar-refractivity contribution is 7.89. The van der Waals surface area contributed by atoms with Gasteiger partial charge >= 0.3 is 0 Å². The number of aliphatic hydroxyl groups is 2. The molecule has 392 valence electrons. The van der Waals surface area contributed by atoms with E-state index in [1.807, 2.05) is 13.8 Å². The van der Waals surface area contributed by atoms with Crippen molar-refractivity contribution in [1.29, 1.82) is 0 Å². The van der Waals surface area contributed by atoms with Crippen LogP contribution in [-0.4, -0.2) is 107 Å². The number of methoxy groups -OCH3 is 2. The molecule has 1 heterocycles. The Morgan fingerprint density at radius 2 is 1.01 bits per heavy atom. The van der Waals surface area contributed by atoms with Crippen LogP contribution in [0.2, 0.25) is 0 Å². The number of aliphatic hydroxyl groups excluding tert-OH is 2. The molecule has 0 aliphatic carbocycles. The highest BCUT2D eigenvalue weighted by Gasteiger charge is 2.32. The molecule has 0 amide bonds. The molecule has 0 fully saturated rings. The zero-order valence-electron chi connectivity index (χ0n) is 45.2. The molecule has 12 heteroatoms. The lowest BCUT2D eigenvalue weighted by Gasteiger charge is -2.31. The number of hydrogen-bond donors (Lipinski definition) is 2. The Morgan fingerprint density at radius 1 is 0.554 bits per heavy atom. The van der Waals surface area contributed by atoms with Crippen LogP contribution in [0.25, 0.3) is 16.6 Å². The highest BCUT2D eigenvalue weighted by Crippen LogP contribution is 2.43. The fraction of sp³-hybridized carbons (Fsp3) is 0.371. The maximum Gasteiger partial charge on any atom is 0.243 e. The zero-order valence-corrected chi connectivity index (χ0v) is 46.0. The first kappa shape index (κ1) is 55.6. The van der Waals surface area contributed by atoms with Crippen LogP contribution >= 0.6 is 0 Å². The molecular weight excluding hydrogens is 943 g/mol. The van der Waals surface area contributed by atoms with Gasteiger partial charge in [0.1, 0.15) is 0 Å². The van der Waals surface area contributed by atoms with Crippen LogP contribution in [0.15, 0.2) is 132 Å². The van der Waals surface area contributed by atoms with E-state index < -0.39 is 10.0 Å². The summed E-state index contributed by atoms with van der Waals surface area (Å²) in [7, 11) is -0.669. The van der Waals surface area contributed by atoms with Crippen molar-refractivity contribution >= 4 is 49.4 Å². The summed E-state index contributed by atoms with van der Waals surface area (Å²) < 4.78 is 42.5. The summed E-state index contributed by atoms with van der Waals surface area (Å²) in [5, 5.41) is 20.5. The molecule has 7 rings (SSSR count). The van der Waals surface area contributed by atoms with Gasteiger partial charge in [0.15, 0.2) is 0 Å². The molecule has 7 aromatic rings. The summed E-state index contributed by atoms with van der Waals surface area (Å²) in [4.78, 5) is 7.30. The summed E-state index contributed by atoms with van der Waals surface area (Å²) in [5.74, 6) is 1.13. The molecule has 2 N–H and O–H groups in total. The van der Waals surface area contributed by atoms with Gasteiger partial charge < -0.3 is 34.4 Å². The quantitative estimate of drug-likeness (QED) is 0.0487. The van der Waals surface area contributed by atoms with E-state index >= 15 is 0 Å². The van der Waals surface area contributed by atoms with Gasteiger partial charge in [-0.25, -0.2) is 8.42 Å². The maximum atomic E-state index is 14.1. The molecule has 0 unspecified atom stereocenters. The summed E-state index contributed by atoms with van der Waals surface area (Å²) in [6.45, 7) is 19.3. The summed E-state index contributed by atoms with van der Waals surface area (Å²) in [6, 6.07) is 45.3.